The first-order chi connectivity index (χ1) is 8.84. The van der Waals surface area contributed by atoms with Gasteiger partial charge in [0.05, 0.1) is 5.52 Å². The number of pyridine rings is 1. The van der Waals surface area contributed by atoms with E-state index in [2.05, 4.69) is 0 Å². The second-order valence-corrected chi connectivity index (χ2v) is 5.13. The normalized spacial score (nSPS) is 11.2. The highest BCUT2D eigenvalue weighted by atomic mass is 16.4. The summed E-state index contributed by atoms with van der Waals surface area (Å²) < 4.78 is 1.41. The Morgan fingerprint density at radius 3 is 2.47 bits per heavy atom. The first-order valence-corrected chi connectivity index (χ1v) is 6.21. The molecule has 0 saturated heterocycles. The summed E-state index contributed by atoms with van der Waals surface area (Å²) in [6.45, 7) is 5.76. The first kappa shape index (κ1) is 13.3. The quantitative estimate of drug-likeness (QED) is 0.902. The van der Waals surface area contributed by atoms with Gasteiger partial charge in [-0.2, -0.15) is 0 Å². The number of aromatic nitrogens is 1. The Balaban J connectivity index is 3.09. The molecule has 2 aromatic rings. The maximum absolute atomic E-state index is 12.2. The molecule has 0 aliphatic carbocycles. The van der Waals surface area contributed by atoms with Crippen LogP contribution in [0.15, 0.2) is 23.0 Å². The number of aromatic carboxylic acids is 1. The molecule has 19 heavy (non-hydrogen) atoms. The standard InChI is InChI=1S/C15H17NO3/c1-8(2)12-10-6-5-9(3)7-11(10)16(4)14(17)13(12)15(18)19/h5-8H,1-4H3,(H,18,19). The van der Waals surface area contributed by atoms with Gasteiger partial charge in [0.1, 0.15) is 5.56 Å². The van der Waals surface area contributed by atoms with Crippen LogP contribution in [0.5, 0.6) is 0 Å². The van der Waals surface area contributed by atoms with Crippen molar-refractivity contribution in [1.29, 1.82) is 0 Å². The van der Waals surface area contributed by atoms with E-state index in [-0.39, 0.29) is 11.5 Å². The van der Waals surface area contributed by atoms with Crippen LogP contribution < -0.4 is 5.56 Å². The molecule has 0 aliphatic heterocycles. The van der Waals surface area contributed by atoms with Gasteiger partial charge >= 0.3 is 5.97 Å². The molecule has 1 aromatic carbocycles. The van der Waals surface area contributed by atoms with Gasteiger partial charge < -0.3 is 9.67 Å². The third kappa shape index (κ3) is 2.03. The Morgan fingerprint density at radius 1 is 1.32 bits per heavy atom. The van der Waals surface area contributed by atoms with E-state index < -0.39 is 11.5 Å². The van der Waals surface area contributed by atoms with Gasteiger partial charge in [0, 0.05) is 12.4 Å². The van der Waals surface area contributed by atoms with Crippen LogP contribution in [-0.4, -0.2) is 15.6 Å². The second kappa shape index (κ2) is 4.53. The van der Waals surface area contributed by atoms with Crippen LogP contribution in [0, 0.1) is 6.92 Å². The molecule has 0 fully saturated rings. The number of fused-ring (bicyclic) bond motifs is 1. The number of aryl methyl sites for hydroxylation is 2. The number of carbonyl (C=O) groups is 1. The average Bonchev–Trinajstić information content (AvgIpc) is 2.32. The molecule has 1 heterocycles. The van der Waals surface area contributed by atoms with Gasteiger partial charge in [0.25, 0.3) is 5.56 Å². The van der Waals surface area contributed by atoms with Crippen molar-refractivity contribution in [2.45, 2.75) is 26.7 Å². The molecule has 1 N–H and O–H groups in total. The lowest BCUT2D eigenvalue weighted by Gasteiger charge is -2.16. The number of carboxylic acids is 1. The zero-order valence-corrected chi connectivity index (χ0v) is 11.5. The topological polar surface area (TPSA) is 59.3 Å². The van der Waals surface area contributed by atoms with E-state index in [4.69, 9.17) is 0 Å². The lowest BCUT2D eigenvalue weighted by atomic mass is 9.93. The highest BCUT2D eigenvalue weighted by Gasteiger charge is 2.22. The van der Waals surface area contributed by atoms with Gasteiger partial charge in [0.15, 0.2) is 0 Å². The Kier molecular flexibility index (Phi) is 3.18. The Morgan fingerprint density at radius 2 is 1.95 bits per heavy atom. The van der Waals surface area contributed by atoms with E-state index in [1.807, 2.05) is 39.0 Å². The summed E-state index contributed by atoms with van der Waals surface area (Å²) in [4.78, 5) is 23.6. The van der Waals surface area contributed by atoms with Crippen molar-refractivity contribution in [3.8, 4) is 0 Å². The molecule has 0 atom stereocenters. The average molecular weight is 259 g/mol. The summed E-state index contributed by atoms with van der Waals surface area (Å²) in [5, 5.41) is 10.2. The summed E-state index contributed by atoms with van der Waals surface area (Å²) in [5.74, 6) is -1.18. The molecule has 0 amide bonds. The van der Waals surface area contributed by atoms with E-state index in [0.717, 1.165) is 16.5 Å². The van der Waals surface area contributed by atoms with Crippen LogP contribution in [0.25, 0.3) is 10.9 Å². The molecule has 0 spiro atoms. The van der Waals surface area contributed by atoms with E-state index in [1.165, 1.54) is 4.57 Å². The SMILES string of the molecule is Cc1ccc2c(C(C)C)c(C(=O)O)c(=O)n(C)c2c1. The Bertz CT molecular complexity index is 726. The number of nitrogens with zero attached hydrogens (tertiary/aromatic N) is 1. The van der Waals surface area contributed by atoms with E-state index in [1.54, 1.807) is 7.05 Å². The van der Waals surface area contributed by atoms with Gasteiger partial charge in [-0.25, -0.2) is 4.79 Å². The summed E-state index contributed by atoms with van der Waals surface area (Å²) in [5.41, 5.74) is 1.87. The minimum Gasteiger partial charge on any atom is -0.477 e. The zero-order chi connectivity index (χ0) is 14.3. The van der Waals surface area contributed by atoms with E-state index in [9.17, 15) is 14.7 Å². The number of rotatable bonds is 2. The fourth-order valence-corrected chi connectivity index (χ4v) is 2.48. The zero-order valence-electron chi connectivity index (χ0n) is 11.5. The lowest BCUT2D eigenvalue weighted by molar-refractivity contribution is 0.0693. The largest absolute Gasteiger partial charge is 0.477 e. The van der Waals surface area contributed by atoms with Crippen molar-refractivity contribution >= 4 is 16.9 Å². The van der Waals surface area contributed by atoms with Crippen LogP contribution in [0.2, 0.25) is 0 Å². The number of carboxylic acid groups (broad SMARTS) is 1. The predicted molar refractivity (Wildman–Crippen MR) is 75.0 cm³/mol. The molecule has 1 aromatic heterocycles. The van der Waals surface area contributed by atoms with Gasteiger partial charge in [-0.05, 0) is 30.0 Å². The lowest BCUT2D eigenvalue weighted by Crippen LogP contribution is -2.27. The molecule has 4 nitrogen and oxygen atoms in total. The van der Waals surface area contributed by atoms with Gasteiger partial charge in [-0.15, -0.1) is 0 Å². The summed E-state index contributed by atoms with van der Waals surface area (Å²) in [7, 11) is 1.61. The van der Waals surface area contributed by atoms with Gasteiger partial charge in [-0.3, -0.25) is 4.79 Å². The van der Waals surface area contributed by atoms with Crippen molar-refractivity contribution in [3.05, 3.63) is 45.2 Å². The smallest absolute Gasteiger partial charge is 0.341 e. The van der Waals surface area contributed by atoms with Gasteiger partial charge in [0.2, 0.25) is 0 Å². The molecular formula is C15H17NO3. The van der Waals surface area contributed by atoms with Crippen molar-refractivity contribution < 1.29 is 9.90 Å². The molecule has 100 valence electrons. The minimum absolute atomic E-state index is 0.0230. The van der Waals surface area contributed by atoms with Crippen molar-refractivity contribution in [2.75, 3.05) is 0 Å². The monoisotopic (exact) mass is 259 g/mol. The predicted octanol–water partition coefficient (Wildman–Crippen LogP) is 2.67. The second-order valence-electron chi connectivity index (χ2n) is 5.13. The van der Waals surface area contributed by atoms with Crippen LogP contribution in [0.3, 0.4) is 0 Å². The Hall–Kier alpha value is -2.10. The third-order valence-corrected chi connectivity index (χ3v) is 3.38. The fourth-order valence-electron chi connectivity index (χ4n) is 2.48. The van der Waals surface area contributed by atoms with Crippen LogP contribution in [0.1, 0.15) is 41.3 Å². The van der Waals surface area contributed by atoms with Crippen LogP contribution in [-0.2, 0) is 7.05 Å². The number of benzene rings is 1. The molecule has 0 aliphatic rings. The number of hydrogen-bond donors (Lipinski definition) is 1. The summed E-state index contributed by atoms with van der Waals surface area (Å²) in [6.07, 6.45) is 0. The molecule has 0 saturated carbocycles. The van der Waals surface area contributed by atoms with Gasteiger partial charge in [-0.1, -0.05) is 26.0 Å². The Labute approximate surface area is 111 Å². The minimum atomic E-state index is -1.16. The van der Waals surface area contributed by atoms with Crippen LogP contribution >= 0.6 is 0 Å². The summed E-state index contributed by atoms with van der Waals surface area (Å²) >= 11 is 0. The highest BCUT2D eigenvalue weighted by molar-refractivity contribution is 5.96. The number of hydrogen-bond acceptors (Lipinski definition) is 2. The first-order valence-electron chi connectivity index (χ1n) is 6.21. The molecular weight excluding hydrogens is 242 g/mol. The maximum atomic E-state index is 12.2. The van der Waals surface area contributed by atoms with E-state index >= 15 is 0 Å². The van der Waals surface area contributed by atoms with Crippen molar-refractivity contribution in [1.82, 2.24) is 4.57 Å². The summed E-state index contributed by atoms with van der Waals surface area (Å²) in [6, 6.07) is 5.74. The third-order valence-electron chi connectivity index (χ3n) is 3.38. The molecule has 2 rings (SSSR count). The maximum Gasteiger partial charge on any atom is 0.341 e. The fraction of sp³-hybridized carbons (Fsp3) is 0.333. The van der Waals surface area contributed by atoms with Crippen molar-refractivity contribution in [2.24, 2.45) is 7.05 Å². The molecule has 0 unspecified atom stereocenters. The van der Waals surface area contributed by atoms with Crippen molar-refractivity contribution in [3.63, 3.8) is 0 Å². The highest BCUT2D eigenvalue weighted by Crippen LogP contribution is 2.27. The van der Waals surface area contributed by atoms with Crippen LogP contribution in [0.4, 0.5) is 0 Å². The van der Waals surface area contributed by atoms with E-state index in [0.29, 0.717) is 5.56 Å². The molecule has 0 radical (unpaired) electrons. The molecule has 4 heteroatoms. The molecule has 0 bridgehead atoms.